The average molecular weight is 232 g/mol. The number of H-pyrrole nitrogens is 1. The lowest BCUT2D eigenvalue weighted by Crippen LogP contribution is -2.28. The van der Waals surface area contributed by atoms with E-state index in [1.165, 1.54) is 0 Å². The first kappa shape index (κ1) is 11.5. The van der Waals surface area contributed by atoms with E-state index in [2.05, 4.69) is 9.97 Å². The van der Waals surface area contributed by atoms with E-state index in [-0.39, 0.29) is 18.8 Å². The van der Waals surface area contributed by atoms with Gasteiger partial charge in [0.2, 0.25) is 0 Å². The fraction of sp³-hybridized carbons (Fsp3) is 0.727. The van der Waals surface area contributed by atoms with Gasteiger partial charge in [-0.05, 0) is 12.8 Å². The highest BCUT2D eigenvalue weighted by atomic mass is 19.4. The molecule has 0 bridgehead atoms. The Bertz CT molecular complexity index is 379. The van der Waals surface area contributed by atoms with Crippen molar-refractivity contribution in [3.05, 3.63) is 17.2 Å². The van der Waals surface area contributed by atoms with E-state index < -0.39 is 12.1 Å². The van der Waals surface area contributed by atoms with E-state index in [1.807, 2.05) is 13.8 Å². The predicted octanol–water partition coefficient (Wildman–Crippen LogP) is 3.20. The van der Waals surface area contributed by atoms with Gasteiger partial charge in [0.15, 0.2) is 0 Å². The van der Waals surface area contributed by atoms with Crippen molar-refractivity contribution in [3.63, 3.8) is 0 Å². The van der Waals surface area contributed by atoms with Gasteiger partial charge in [-0.2, -0.15) is 13.2 Å². The highest BCUT2D eigenvalue weighted by Gasteiger charge is 2.42. The molecule has 0 fully saturated rings. The second-order valence-corrected chi connectivity index (χ2v) is 4.68. The fourth-order valence-electron chi connectivity index (χ4n) is 2.06. The molecule has 0 radical (unpaired) electrons. The summed E-state index contributed by atoms with van der Waals surface area (Å²) in [6.45, 7) is 3.96. The molecule has 1 unspecified atom stereocenters. The summed E-state index contributed by atoms with van der Waals surface area (Å²) < 4.78 is 37.7. The number of fused-ring (bicyclic) bond motifs is 1. The number of nitrogens with zero attached hydrogens (tertiary/aromatic N) is 1. The summed E-state index contributed by atoms with van der Waals surface area (Å²) in [7, 11) is 0. The van der Waals surface area contributed by atoms with Gasteiger partial charge in [0.1, 0.15) is 5.82 Å². The Labute approximate surface area is 92.3 Å². The van der Waals surface area contributed by atoms with Gasteiger partial charge >= 0.3 is 6.18 Å². The van der Waals surface area contributed by atoms with Crippen LogP contribution in [0.3, 0.4) is 0 Å². The number of hydrogen-bond acceptors (Lipinski definition) is 1. The van der Waals surface area contributed by atoms with Crippen LogP contribution in [0.2, 0.25) is 0 Å². The van der Waals surface area contributed by atoms with Crippen LogP contribution in [-0.4, -0.2) is 16.1 Å². The standard InChI is InChI=1S/C11H15F3N2/c1-6(2)10-15-8-4-3-7(11(12,13)14)5-9(8)16-10/h6-7H,3-5H2,1-2H3,(H,15,16). The molecule has 1 aliphatic rings. The molecule has 0 aliphatic heterocycles. The molecule has 5 heteroatoms. The summed E-state index contributed by atoms with van der Waals surface area (Å²) >= 11 is 0. The van der Waals surface area contributed by atoms with E-state index in [0.29, 0.717) is 12.1 Å². The number of aryl methyl sites for hydroxylation is 1. The molecular formula is C11H15F3N2. The van der Waals surface area contributed by atoms with Crippen LogP contribution in [0.25, 0.3) is 0 Å². The number of hydrogen-bond donors (Lipinski definition) is 1. The molecule has 0 saturated heterocycles. The number of aromatic nitrogens is 2. The van der Waals surface area contributed by atoms with Crippen LogP contribution >= 0.6 is 0 Å². The zero-order valence-corrected chi connectivity index (χ0v) is 9.36. The largest absolute Gasteiger partial charge is 0.392 e. The molecule has 90 valence electrons. The molecule has 1 aliphatic carbocycles. The maximum atomic E-state index is 12.6. The number of aromatic amines is 1. The molecule has 1 N–H and O–H groups in total. The average Bonchev–Trinajstić information content (AvgIpc) is 2.58. The fourth-order valence-corrected chi connectivity index (χ4v) is 2.06. The van der Waals surface area contributed by atoms with Crippen molar-refractivity contribution < 1.29 is 13.2 Å². The zero-order valence-electron chi connectivity index (χ0n) is 9.36. The SMILES string of the molecule is CC(C)c1nc2c([nH]1)CC(C(F)(F)F)CC2. The summed E-state index contributed by atoms with van der Waals surface area (Å²) in [5.41, 5.74) is 1.50. The summed E-state index contributed by atoms with van der Waals surface area (Å²) in [6.07, 6.45) is -3.43. The van der Waals surface area contributed by atoms with Crippen molar-refractivity contribution in [1.29, 1.82) is 0 Å². The molecular weight excluding hydrogens is 217 g/mol. The summed E-state index contributed by atoms with van der Waals surface area (Å²) in [5.74, 6) is -0.178. The molecule has 1 aromatic rings. The van der Waals surface area contributed by atoms with Crippen molar-refractivity contribution in [3.8, 4) is 0 Å². The minimum atomic E-state index is -4.08. The van der Waals surface area contributed by atoms with Crippen molar-refractivity contribution in [2.45, 2.75) is 45.2 Å². The second kappa shape index (κ2) is 3.79. The maximum Gasteiger partial charge on any atom is 0.392 e. The van der Waals surface area contributed by atoms with Gasteiger partial charge in [-0.3, -0.25) is 0 Å². The Balaban J connectivity index is 2.21. The number of halogens is 3. The molecule has 0 saturated carbocycles. The first-order valence-electron chi connectivity index (χ1n) is 5.52. The van der Waals surface area contributed by atoms with E-state index >= 15 is 0 Å². The van der Waals surface area contributed by atoms with Gasteiger partial charge in [-0.15, -0.1) is 0 Å². The van der Waals surface area contributed by atoms with Crippen LogP contribution in [0.5, 0.6) is 0 Å². The molecule has 2 rings (SSSR count). The monoisotopic (exact) mass is 232 g/mol. The Morgan fingerprint density at radius 3 is 2.62 bits per heavy atom. The normalized spacial score (nSPS) is 21.2. The van der Waals surface area contributed by atoms with Crippen molar-refractivity contribution in [1.82, 2.24) is 9.97 Å². The van der Waals surface area contributed by atoms with Gasteiger partial charge in [-0.1, -0.05) is 13.8 Å². The molecule has 0 spiro atoms. The van der Waals surface area contributed by atoms with Gasteiger partial charge in [0, 0.05) is 18.0 Å². The Morgan fingerprint density at radius 2 is 2.06 bits per heavy atom. The molecule has 0 aromatic carbocycles. The van der Waals surface area contributed by atoms with E-state index in [9.17, 15) is 13.2 Å². The van der Waals surface area contributed by atoms with Crippen molar-refractivity contribution >= 4 is 0 Å². The highest BCUT2D eigenvalue weighted by molar-refractivity contribution is 5.20. The zero-order chi connectivity index (χ0) is 11.9. The lowest BCUT2D eigenvalue weighted by atomic mass is 9.89. The Kier molecular flexibility index (Phi) is 2.72. The quantitative estimate of drug-likeness (QED) is 0.791. The van der Waals surface area contributed by atoms with E-state index in [1.54, 1.807) is 0 Å². The predicted molar refractivity (Wildman–Crippen MR) is 54.2 cm³/mol. The molecule has 1 heterocycles. The molecule has 0 amide bonds. The molecule has 2 nitrogen and oxygen atoms in total. The smallest absolute Gasteiger partial charge is 0.345 e. The minimum absolute atomic E-state index is 0.0541. The van der Waals surface area contributed by atoms with E-state index in [0.717, 1.165) is 11.5 Å². The lowest BCUT2D eigenvalue weighted by molar-refractivity contribution is -0.177. The third-order valence-electron chi connectivity index (χ3n) is 3.07. The van der Waals surface area contributed by atoms with Crippen LogP contribution < -0.4 is 0 Å². The molecule has 1 aromatic heterocycles. The molecule has 16 heavy (non-hydrogen) atoms. The van der Waals surface area contributed by atoms with Gasteiger partial charge in [-0.25, -0.2) is 4.98 Å². The van der Waals surface area contributed by atoms with Crippen LogP contribution in [0.4, 0.5) is 13.2 Å². The van der Waals surface area contributed by atoms with Gasteiger partial charge < -0.3 is 4.98 Å². The van der Waals surface area contributed by atoms with Crippen LogP contribution in [0.1, 0.15) is 43.4 Å². The maximum absolute atomic E-state index is 12.6. The van der Waals surface area contributed by atoms with Crippen molar-refractivity contribution in [2.75, 3.05) is 0 Å². The number of nitrogens with one attached hydrogen (secondary N) is 1. The topological polar surface area (TPSA) is 28.7 Å². The van der Waals surface area contributed by atoms with Crippen LogP contribution in [-0.2, 0) is 12.8 Å². The number of alkyl halides is 3. The van der Waals surface area contributed by atoms with Crippen molar-refractivity contribution in [2.24, 2.45) is 5.92 Å². The summed E-state index contributed by atoms with van der Waals surface area (Å²) in [4.78, 5) is 7.37. The summed E-state index contributed by atoms with van der Waals surface area (Å²) in [5, 5.41) is 0. The third kappa shape index (κ3) is 2.08. The van der Waals surface area contributed by atoms with Gasteiger partial charge in [0.25, 0.3) is 0 Å². The number of imidazole rings is 1. The van der Waals surface area contributed by atoms with E-state index in [4.69, 9.17) is 0 Å². The first-order chi connectivity index (χ1) is 7.38. The molecule has 1 atom stereocenters. The Morgan fingerprint density at radius 1 is 1.38 bits per heavy atom. The van der Waals surface area contributed by atoms with Gasteiger partial charge in [0.05, 0.1) is 11.6 Å². The highest BCUT2D eigenvalue weighted by Crippen LogP contribution is 2.36. The summed E-state index contributed by atoms with van der Waals surface area (Å²) in [6, 6.07) is 0. The van der Waals surface area contributed by atoms with Crippen LogP contribution in [0, 0.1) is 5.92 Å². The number of rotatable bonds is 1. The van der Waals surface area contributed by atoms with Crippen LogP contribution in [0.15, 0.2) is 0 Å². The lowest BCUT2D eigenvalue weighted by Gasteiger charge is -2.23. The first-order valence-corrected chi connectivity index (χ1v) is 5.52. The second-order valence-electron chi connectivity index (χ2n) is 4.68. The Hall–Kier alpha value is -1.00. The third-order valence-corrected chi connectivity index (χ3v) is 3.07. The minimum Gasteiger partial charge on any atom is -0.345 e.